The third-order valence-corrected chi connectivity index (χ3v) is 6.70. The van der Waals surface area contributed by atoms with E-state index in [1.165, 1.54) is 0 Å². The monoisotopic (exact) mass is 383 g/mol. The highest BCUT2D eigenvalue weighted by molar-refractivity contribution is 7.93. The van der Waals surface area contributed by atoms with E-state index in [0.717, 1.165) is 48.2 Å². The maximum atomic E-state index is 12.5. The van der Waals surface area contributed by atoms with Crippen molar-refractivity contribution in [1.29, 1.82) is 0 Å². The number of sulfone groups is 1. The van der Waals surface area contributed by atoms with Crippen LogP contribution < -0.4 is 5.32 Å². The maximum absolute atomic E-state index is 12.5. The van der Waals surface area contributed by atoms with Crippen molar-refractivity contribution < 1.29 is 22.9 Å². The summed E-state index contributed by atoms with van der Waals surface area (Å²) in [6.45, 7) is 0.524. The number of thiazole rings is 1. The van der Waals surface area contributed by atoms with E-state index in [0.29, 0.717) is 13.0 Å². The Hall–Kier alpha value is -2.37. The molecule has 1 aromatic heterocycles. The Bertz CT molecular complexity index is 901. The number of aromatic nitrogens is 1. The van der Waals surface area contributed by atoms with Gasteiger partial charge in [-0.25, -0.2) is 13.4 Å². The Kier molecular flexibility index (Phi) is 4.79. The molecule has 3 rings (SSSR count). The molecule has 1 N–H and O–H groups in total. The minimum absolute atomic E-state index is 0.0657. The molecule has 11 heteroatoms. The summed E-state index contributed by atoms with van der Waals surface area (Å²) in [5.41, 5.74) is -0.201. The molecule has 0 spiro atoms. The Morgan fingerprint density at radius 3 is 2.68 bits per heavy atom. The number of rotatable bonds is 5. The zero-order chi connectivity index (χ0) is 18.0. The number of non-ortho nitro benzene ring substituents is 1. The Labute approximate surface area is 146 Å². The molecular formula is C14H13N3O6S2. The van der Waals surface area contributed by atoms with Crippen LogP contribution in [-0.4, -0.2) is 36.9 Å². The lowest BCUT2D eigenvalue weighted by Crippen LogP contribution is -2.26. The molecule has 2 heterocycles. The largest absolute Gasteiger partial charge is 0.368 e. The minimum Gasteiger partial charge on any atom is -0.368 e. The molecule has 1 aliphatic heterocycles. The van der Waals surface area contributed by atoms with Crippen LogP contribution in [0.2, 0.25) is 0 Å². The van der Waals surface area contributed by atoms with Gasteiger partial charge in [0.1, 0.15) is 10.3 Å². The normalized spacial score (nSPS) is 17.4. The molecule has 1 saturated heterocycles. The van der Waals surface area contributed by atoms with Gasteiger partial charge in [0.25, 0.3) is 11.6 Å². The molecule has 0 bridgehead atoms. The van der Waals surface area contributed by atoms with E-state index in [1.54, 1.807) is 0 Å². The van der Waals surface area contributed by atoms with Crippen molar-refractivity contribution in [2.45, 2.75) is 28.1 Å². The summed E-state index contributed by atoms with van der Waals surface area (Å²) in [5, 5.41) is 13.3. The second kappa shape index (κ2) is 6.86. The van der Waals surface area contributed by atoms with Crippen molar-refractivity contribution in [2.75, 3.05) is 11.9 Å². The first kappa shape index (κ1) is 17.5. The number of nitro groups is 1. The molecule has 1 unspecified atom stereocenters. The van der Waals surface area contributed by atoms with E-state index in [-0.39, 0.29) is 25.8 Å². The Morgan fingerprint density at radius 1 is 1.36 bits per heavy atom. The molecule has 25 heavy (non-hydrogen) atoms. The van der Waals surface area contributed by atoms with E-state index in [9.17, 15) is 23.3 Å². The van der Waals surface area contributed by atoms with Gasteiger partial charge in [-0.3, -0.25) is 20.2 Å². The van der Waals surface area contributed by atoms with E-state index >= 15 is 0 Å². The van der Waals surface area contributed by atoms with E-state index in [4.69, 9.17) is 4.74 Å². The molecule has 9 nitrogen and oxygen atoms in total. The predicted octanol–water partition coefficient (Wildman–Crippen LogP) is 2.00. The Balaban J connectivity index is 1.78. The number of anilines is 1. The van der Waals surface area contributed by atoms with Crippen LogP contribution in [0.3, 0.4) is 0 Å². The van der Waals surface area contributed by atoms with Crippen LogP contribution in [0.1, 0.15) is 12.8 Å². The van der Waals surface area contributed by atoms with Crippen LogP contribution >= 0.6 is 11.3 Å². The second-order valence-electron chi connectivity index (χ2n) is 5.23. The van der Waals surface area contributed by atoms with Crippen molar-refractivity contribution in [3.05, 3.63) is 40.6 Å². The average molecular weight is 383 g/mol. The lowest BCUT2D eigenvalue weighted by Gasteiger charge is -2.07. The quantitative estimate of drug-likeness (QED) is 0.617. The molecule has 2 aromatic rings. The molecule has 0 aliphatic carbocycles. The number of ether oxygens (including phenoxy) is 1. The third-order valence-electron chi connectivity index (χ3n) is 3.56. The summed E-state index contributed by atoms with van der Waals surface area (Å²) in [4.78, 5) is 25.8. The molecular weight excluding hydrogens is 370 g/mol. The third kappa shape index (κ3) is 3.67. The zero-order valence-corrected chi connectivity index (χ0v) is 14.4. The fourth-order valence-corrected chi connectivity index (χ4v) is 4.71. The minimum atomic E-state index is -3.86. The van der Waals surface area contributed by atoms with Crippen LogP contribution in [0.4, 0.5) is 10.8 Å². The number of nitrogens with one attached hydrogen (secondary N) is 1. The van der Waals surface area contributed by atoms with Gasteiger partial charge in [0.15, 0.2) is 5.13 Å². The van der Waals surface area contributed by atoms with E-state index in [1.807, 2.05) is 0 Å². The fourth-order valence-electron chi connectivity index (χ4n) is 2.27. The van der Waals surface area contributed by atoms with Crippen molar-refractivity contribution in [3.8, 4) is 0 Å². The summed E-state index contributed by atoms with van der Waals surface area (Å²) in [6.07, 6.45) is 2.02. The van der Waals surface area contributed by atoms with E-state index in [2.05, 4.69) is 10.3 Å². The number of carbonyl (C=O) groups is 1. The summed E-state index contributed by atoms with van der Waals surface area (Å²) in [7, 11) is -3.86. The molecule has 1 amide bonds. The average Bonchev–Trinajstić information content (AvgIpc) is 3.26. The molecule has 1 aliphatic rings. The number of benzene rings is 1. The van der Waals surface area contributed by atoms with Crippen LogP contribution in [-0.2, 0) is 19.4 Å². The summed E-state index contributed by atoms with van der Waals surface area (Å²) in [5.74, 6) is -0.355. The van der Waals surface area contributed by atoms with Gasteiger partial charge in [0, 0.05) is 18.7 Å². The predicted molar refractivity (Wildman–Crippen MR) is 88.3 cm³/mol. The van der Waals surface area contributed by atoms with Crippen molar-refractivity contribution in [3.63, 3.8) is 0 Å². The molecule has 0 radical (unpaired) electrons. The molecule has 1 fully saturated rings. The second-order valence-corrected chi connectivity index (χ2v) is 8.44. The fraction of sp³-hybridized carbons (Fsp3) is 0.286. The molecule has 1 atom stereocenters. The molecule has 0 saturated carbocycles. The topological polar surface area (TPSA) is 128 Å². The lowest BCUT2D eigenvalue weighted by molar-refractivity contribution is -0.384. The van der Waals surface area contributed by atoms with Gasteiger partial charge >= 0.3 is 0 Å². The number of hydrogen-bond donors (Lipinski definition) is 1. The highest BCUT2D eigenvalue weighted by Crippen LogP contribution is 2.29. The number of hydrogen-bond acceptors (Lipinski definition) is 8. The first-order valence-electron chi connectivity index (χ1n) is 7.26. The molecule has 132 valence electrons. The maximum Gasteiger partial charge on any atom is 0.269 e. The smallest absolute Gasteiger partial charge is 0.269 e. The first-order valence-corrected chi connectivity index (χ1v) is 9.56. The van der Waals surface area contributed by atoms with Crippen LogP contribution in [0.15, 0.2) is 39.6 Å². The van der Waals surface area contributed by atoms with Crippen molar-refractivity contribution in [2.24, 2.45) is 0 Å². The van der Waals surface area contributed by atoms with Gasteiger partial charge in [-0.05, 0) is 25.0 Å². The molecule has 1 aromatic carbocycles. The number of nitrogens with zero attached hydrogens (tertiary/aromatic N) is 2. The Morgan fingerprint density at radius 2 is 2.08 bits per heavy atom. The number of nitro benzene ring substituents is 1. The van der Waals surface area contributed by atoms with Crippen LogP contribution in [0.5, 0.6) is 0 Å². The zero-order valence-electron chi connectivity index (χ0n) is 12.7. The summed E-state index contributed by atoms with van der Waals surface area (Å²) < 4.78 is 30.3. The highest BCUT2D eigenvalue weighted by Gasteiger charge is 2.26. The van der Waals surface area contributed by atoms with E-state index < -0.39 is 20.9 Å². The van der Waals surface area contributed by atoms with Gasteiger partial charge < -0.3 is 4.74 Å². The standard InChI is InChI=1S/C14H13N3O6S2/c18-13(11-2-1-7-23-11)16-14-15-8-12(24-14)25(21,22)10-5-3-9(4-6-10)17(19)20/h3-6,8,11H,1-2,7H2,(H,15,16,18). The van der Waals surface area contributed by atoms with Crippen molar-refractivity contribution >= 4 is 37.9 Å². The van der Waals surface area contributed by atoms with Gasteiger partial charge in [0.05, 0.1) is 16.0 Å². The SMILES string of the molecule is O=C(Nc1ncc(S(=O)(=O)c2ccc([N+](=O)[O-])cc2)s1)C1CCCO1. The first-order chi connectivity index (χ1) is 11.9. The lowest BCUT2D eigenvalue weighted by atomic mass is 10.2. The van der Waals surface area contributed by atoms with Crippen LogP contribution in [0, 0.1) is 10.1 Å². The van der Waals surface area contributed by atoms with Gasteiger partial charge in [-0.1, -0.05) is 11.3 Å². The van der Waals surface area contributed by atoms with Crippen LogP contribution in [0.25, 0.3) is 0 Å². The highest BCUT2D eigenvalue weighted by atomic mass is 32.2. The number of amides is 1. The summed E-state index contributed by atoms with van der Waals surface area (Å²) in [6, 6.07) is 4.57. The van der Waals surface area contributed by atoms with Gasteiger partial charge in [-0.15, -0.1) is 0 Å². The number of carbonyl (C=O) groups excluding carboxylic acids is 1. The summed E-state index contributed by atoms with van der Waals surface area (Å²) >= 11 is 0.812. The van der Waals surface area contributed by atoms with Gasteiger partial charge in [-0.2, -0.15) is 0 Å². The van der Waals surface area contributed by atoms with Gasteiger partial charge in [0.2, 0.25) is 9.84 Å². The van der Waals surface area contributed by atoms with Crippen molar-refractivity contribution in [1.82, 2.24) is 4.98 Å².